The number of aryl methyl sites for hydroxylation is 1. The molecule has 2 aliphatic rings. The Kier molecular flexibility index (Phi) is 5.71. The topological polar surface area (TPSA) is 106 Å². The predicted octanol–water partition coefficient (Wildman–Crippen LogP) is 3.27. The monoisotopic (exact) mass is 393 g/mol. The molecule has 8 nitrogen and oxygen atoms in total. The van der Waals surface area contributed by atoms with Gasteiger partial charge in [-0.15, -0.1) is 0 Å². The summed E-state index contributed by atoms with van der Waals surface area (Å²) in [6, 6.07) is 6.11. The zero-order chi connectivity index (χ0) is 20.2. The van der Waals surface area contributed by atoms with Crippen molar-refractivity contribution in [3.63, 3.8) is 0 Å². The van der Waals surface area contributed by atoms with E-state index >= 15 is 0 Å². The van der Waals surface area contributed by atoms with E-state index in [2.05, 4.69) is 30.8 Å². The third kappa shape index (κ3) is 4.71. The second-order valence-corrected chi connectivity index (χ2v) is 7.78. The van der Waals surface area contributed by atoms with E-state index in [4.69, 9.17) is 5.41 Å². The number of pyridine rings is 2. The maximum atomic E-state index is 12.4. The minimum atomic E-state index is -0.251. The number of nitrogens with one attached hydrogen (secondary N) is 4. The summed E-state index contributed by atoms with van der Waals surface area (Å²) in [5.74, 6) is 0.423. The average molecular weight is 393 g/mol. The minimum absolute atomic E-state index is 0.175. The molecule has 1 aliphatic carbocycles. The number of hydrogen-bond donors (Lipinski definition) is 4. The van der Waals surface area contributed by atoms with Gasteiger partial charge in [0, 0.05) is 54.5 Å². The van der Waals surface area contributed by atoms with Crippen molar-refractivity contribution < 1.29 is 4.79 Å². The van der Waals surface area contributed by atoms with Crippen LogP contribution in [-0.4, -0.2) is 52.3 Å². The molecule has 4 rings (SSSR count). The van der Waals surface area contributed by atoms with E-state index in [1.807, 2.05) is 19.1 Å². The zero-order valence-corrected chi connectivity index (χ0v) is 16.6. The summed E-state index contributed by atoms with van der Waals surface area (Å²) >= 11 is 0. The molecule has 152 valence electrons. The van der Waals surface area contributed by atoms with Gasteiger partial charge < -0.3 is 16.0 Å². The lowest BCUT2D eigenvalue weighted by Crippen LogP contribution is -2.43. The predicted molar refractivity (Wildman–Crippen MR) is 114 cm³/mol. The Morgan fingerprint density at radius 1 is 1.28 bits per heavy atom. The molecule has 0 radical (unpaired) electrons. The standard InChI is InChI=1S/C21H27N7O/c1-14-9-16(5-7-23-14)25-19-12-24-20(10-15(19)11-22)27-21(29)26-17-6-8-28(13-17)18-3-2-4-18/h5,7,9-12,17-18,22H,2-4,6,8,13H2,1H3,(H,23,25)(H2,24,26,27,29). The van der Waals surface area contributed by atoms with E-state index in [9.17, 15) is 4.79 Å². The number of hydrogen-bond acceptors (Lipinski definition) is 6. The molecule has 29 heavy (non-hydrogen) atoms. The van der Waals surface area contributed by atoms with Crippen molar-refractivity contribution in [1.82, 2.24) is 20.2 Å². The minimum Gasteiger partial charge on any atom is -0.354 e. The van der Waals surface area contributed by atoms with E-state index in [1.54, 1.807) is 18.5 Å². The molecule has 2 aromatic rings. The largest absolute Gasteiger partial charge is 0.354 e. The maximum absolute atomic E-state index is 12.4. The van der Waals surface area contributed by atoms with E-state index < -0.39 is 0 Å². The summed E-state index contributed by atoms with van der Waals surface area (Å²) in [5.41, 5.74) is 3.11. The van der Waals surface area contributed by atoms with Crippen molar-refractivity contribution in [2.45, 2.75) is 44.7 Å². The number of anilines is 3. The zero-order valence-electron chi connectivity index (χ0n) is 16.6. The highest BCUT2D eigenvalue weighted by Gasteiger charge is 2.32. The summed E-state index contributed by atoms with van der Waals surface area (Å²) in [5, 5.41) is 16.8. The molecule has 2 aromatic heterocycles. The lowest BCUT2D eigenvalue weighted by atomic mass is 9.92. The van der Waals surface area contributed by atoms with Gasteiger partial charge in [0.05, 0.1) is 11.9 Å². The van der Waals surface area contributed by atoms with Gasteiger partial charge in [0.2, 0.25) is 0 Å². The van der Waals surface area contributed by atoms with Crippen LogP contribution in [0.1, 0.15) is 36.9 Å². The normalized spacial score (nSPS) is 19.4. The Hall–Kier alpha value is -3.00. The third-order valence-corrected chi connectivity index (χ3v) is 5.65. The Morgan fingerprint density at radius 2 is 2.14 bits per heavy atom. The number of carbonyl (C=O) groups excluding carboxylic acids is 1. The highest BCUT2D eigenvalue weighted by Crippen LogP contribution is 2.28. The number of urea groups is 1. The third-order valence-electron chi connectivity index (χ3n) is 5.65. The summed E-state index contributed by atoms with van der Waals surface area (Å²) in [6.07, 6.45) is 9.48. The Morgan fingerprint density at radius 3 is 2.86 bits per heavy atom. The summed E-state index contributed by atoms with van der Waals surface area (Å²) in [4.78, 5) is 23.4. The van der Waals surface area contributed by atoms with Crippen LogP contribution in [-0.2, 0) is 0 Å². The second-order valence-electron chi connectivity index (χ2n) is 7.78. The van der Waals surface area contributed by atoms with Crippen LogP contribution in [0.5, 0.6) is 0 Å². The van der Waals surface area contributed by atoms with E-state index in [1.165, 1.54) is 25.5 Å². The first-order valence-corrected chi connectivity index (χ1v) is 10.1. The van der Waals surface area contributed by atoms with Crippen molar-refractivity contribution in [3.8, 4) is 0 Å². The first kappa shape index (κ1) is 19.3. The van der Waals surface area contributed by atoms with Gasteiger partial charge in [-0.2, -0.15) is 0 Å². The number of amides is 2. The average Bonchev–Trinajstić information content (AvgIpc) is 3.09. The highest BCUT2D eigenvalue weighted by atomic mass is 16.2. The fourth-order valence-corrected chi connectivity index (χ4v) is 3.87. The van der Waals surface area contributed by atoms with Crippen molar-refractivity contribution in [2.24, 2.45) is 0 Å². The maximum Gasteiger partial charge on any atom is 0.320 e. The summed E-state index contributed by atoms with van der Waals surface area (Å²) in [6.45, 7) is 3.90. The molecule has 3 heterocycles. The van der Waals surface area contributed by atoms with E-state index in [-0.39, 0.29) is 12.1 Å². The molecule has 1 unspecified atom stereocenters. The number of carbonyl (C=O) groups is 1. The van der Waals surface area contributed by atoms with Gasteiger partial charge in [-0.3, -0.25) is 15.2 Å². The summed E-state index contributed by atoms with van der Waals surface area (Å²) in [7, 11) is 0. The first-order chi connectivity index (χ1) is 14.1. The van der Waals surface area contributed by atoms with Crippen LogP contribution in [0.2, 0.25) is 0 Å². The molecule has 1 saturated carbocycles. The van der Waals surface area contributed by atoms with Crippen LogP contribution in [0.15, 0.2) is 30.6 Å². The molecule has 0 aromatic carbocycles. The second kappa shape index (κ2) is 8.57. The van der Waals surface area contributed by atoms with Crippen molar-refractivity contribution in [1.29, 1.82) is 5.41 Å². The van der Waals surface area contributed by atoms with Gasteiger partial charge in [-0.1, -0.05) is 6.42 Å². The van der Waals surface area contributed by atoms with Crippen LogP contribution in [0.25, 0.3) is 0 Å². The van der Waals surface area contributed by atoms with Gasteiger partial charge in [-0.25, -0.2) is 9.78 Å². The summed E-state index contributed by atoms with van der Waals surface area (Å²) < 4.78 is 0. The Balaban J connectivity index is 1.35. The number of rotatable bonds is 6. The van der Waals surface area contributed by atoms with E-state index in [0.717, 1.165) is 30.9 Å². The molecule has 8 heteroatoms. The molecular weight excluding hydrogens is 366 g/mol. The van der Waals surface area contributed by atoms with Crippen LogP contribution in [0.3, 0.4) is 0 Å². The molecule has 1 aliphatic heterocycles. The van der Waals surface area contributed by atoms with Gasteiger partial charge in [0.1, 0.15) is 5.82 Å². The molecule has 0 spiro atoms. The molecule has 1 atom stereocenters. The highest BCUT2D eigenvalue weighted by molar-refractivity contribution is 5.92. The van der Waals surface area contributed by atoms with Crippen LogP contribution in [0.4, 0.5) is 22.0 Å². The van der Waals surface area contributed by atoms with Crippen molar-refractivity contribution in [3.05, 3.63) is 41.9 Å². The van der Waals surface area contributed by atoms with Crippen LogP contribution < -0.4 is 16.0 Å². The Labute approximate surface area is 170 Å². The van der Waals surface area contributed by atoms with Gasteiger partial charge >= 0.3 is 6.03 Å². The quantitative estimate of drug-likeness (QED) is 0.564. The van der Waals surface area contributed by atoms with Crippen LogP contribution >= 0.6 is 0 Å². The van der Waals surface area contributed by atoms with Gasteiger partial charge in [-0.05, 0) is 44.4 Å². The molecule has 2 fully saturated rings. The fourth-order valence-electron chi connectivity index (χ4n) is 3.87. The number of nitrogens with zero attached hydrogens (tertiary/aromatic N) is 3. The Bertz CT molecular complexity index is 896. The van der Waals surface area contributed by atoms with E-state index in [0.29, 0.717) is 23.1 Å². The number of likely N-dealkylation sites (tertiary alicyclic amines) is 1. The number of aromatic nitrogens is 2. The van der Waals surface area contributed by atoms with Gasteiger partial charge in [0.15, 0.2) is 0 Å². The van der Waals surface area contributed by atoms with Crippen molar-refractivity contribution >= 4 is 29.4 Å². The smallest absolute Gasteiger partial charge is 0.320 e. The van der Waals surface area contributed by atoms with Crippen LogP contribution in [0, 0.1) is 12.3 Å². The van der Waals surface area contributed by atoms with Crippen molar-refractivity contribution in [2.75, 3.05) is 23.7 Å². The molecule has 0 bridgehead atoms. The molecule has 1 saturated heterocycles. The molecule has 4 N–H and O–H groups in total. The molecular formula is C21H27N7O. The van der Waals surface area contributed by atoms with Gasteiger partial charge in [0.25, 0.3) is 0 Å². The SMILES string of the molecule is Cc1cc(Nc2cnc(NC(=O)NC3CCN(C4CCC4)C3)cc2C=N)ccn1. The fraction of sp³-hybridized carbons (Fsp3) is 0.429. The first-order valence-electron chi connectivity index (χ1n) is 10.1. The molecule has 2 amide bonds. The lowest BCUT2D eigenvalue weighted by Gasteiger charge is -2.34. The lowest BCUT2D eigenvalue weighted by molar-refractivity contribution is 0.155.